The number of aliphatic hydroxyl groups is 1. The first-order valence-electron chi connectivity index (χ1n) is 10.1. The maximum atomic E-state index is 12.2. The minimum atomic E-state index is -0.384. The van der Waals surface area contributed by atoms with Gasteiger partial charge in [-0.05, 0) is 73.7 Å². The fourth-order valence-electron chi connectivity index (χ4n) is 7.59. The second-order valence-corrected chi connectivity index (χ2v) is 9.84. The Hall–Kier alpha value is -0.960. The van der Waals surface area contributed by atoms with Gasteiger partial charge in [0.05, 0.1) is 6.10 Å². The molecule has 3 saturated carbocycles. The van der Waals surface area contributed by atoms with Crippen LogP contribution in [0.4, 0.5) is 0 Å². The van der Waals surface area contributed by atoms with E-state index in [1.165, 1.54) is 5.57 Å². The van der Waals surface area contributed by atoms with Crippen LogP contribution in [-0.4, -0.2) is 22.8 Å². The average molecular weight is 344 g/mol. The van der Waals surface area contributed by atoms with E-state index < -0.39 is 0 Å². The third-order valence-corrected chi connectivity index (χ3v) is 8.91. The van der Waals surface area contributed by atoms with Gasteiger partial charge in [0, 0.05) is 18.3 Å². The Kier molecular flexibility index (Phi) is 3.85. The minimum Gasteiger partial charge on any atom is -0.392 e. The number of hydrogen-bond acceptors (Lipinski definition) is 3. The first-order valence-corrected chi connectivity index (χ1v) is 10.1. The lowest BCUT2D eigenvalue weighted by molar-refractivity contribution is -0.141. The van der Waals surface area contributed by atoms with Gasteiger partial charge in [0.15, 0.2) is 5.78 Å². The molecule has 4 rings (SSSR count). The van der Waals surface area contributed by atoms with E-state index in [0.29, 0.717) is 24.0 Å². The summed E-state index contributed by atoms with van der Waals surface area (Å²) in [5.74, 6) is 1.93. The highest BCUT2D eigenvalue weighted by Crippen LogP contribution is 2.67. The van der Waals surface area contributed by atoms with E-state index in [-0.39, 0.29) is 40.5 Å². The molecule has 3 nitrogen and oxygen atoms in total. The summed E-state index contributed by atoms with van der Waals surface area (Å²) in [7, 11) is 0. The van der Waals surface area contributed by atoms with Crippen LogP contribution >= 0.6 is 0 Å². The number of hydrogen-bond donors (Lipinski definition) is 1. The van der Waals surface area contributed by atoms with Crippen molar-refractivity contribution in [2.45, 2.75) is 72.3 Å². The van der Waals surface area contributed by atoms with E-state index >= 15 is 0 Å². The molecule has 3 heteroatoms. The monoisotopic (exact) mass is 344 g/mol. The zero-order valence-corrected chi connectivity index (χ0v) is 16.0. The summed E-state index contributed by atoms with van der Waals surface area (Å²) in [6.07, 6.45) is 7.26. The van der Waals surface area contributed by atoms with Crippen molar-refractivity contribution < 1.29 is 14.7 Å². The van der Waals surface area contributed by atoms with Gasteiger partial charge in [0.1, 0.15) is 5.78 Å². The molecule has 0 amide bonds. The topological polar surface area (TPSA) is 54.4 Å². The third kappa shape index (κ3) is 2.20. The highest BCUT2D eigenvalue weighted by Gasteiger charge is 2.63. The highest BCUT2D eigenvalue weighted by atomic mass is 16.3. The van der Waals surface area contributed by atoms with Gasteiger partial charge < -0.3 is 5.11 Å². The van der Waals surface area contributed by atoms with Crippen molar-refractivity contribution >= 4 is 11.6 Å². The van der Waals surface area contributed by atoms with Crippen LogP contribution in [0, 0.1) is 40.4 Å². The predicted octanol–water partition coefficient (Wildman–Crippen LogP) is 3.94. The summed E-state index contributed by atoms with van der Waals surface area (Å²) in [5.41, 5.74) is 1.30. The Balaban J connectivity index is 1.76. The molecule has 138 valence electrons. The number of carbonyl (C=O) groups excluding carboxylic acids is 2. The molecule has 4 aliphatic rings. The zero-order valence-electron chi connectivity index (χ0n) is 16.0. The summed E-state index contributed by atoms with van der Waals surface area (Å²) in [6.45, 7) is 8.50. The second-order valence-electron chi connectivity index (χ2n) is 9.84. The normalized spacial score (nSPS) is 52.0. The van der Waals surface area contributed by atoms with Crippen LogP contribution in [0.25, 0.3) is 0 Å². The minimum absolute atomic E-state index is 0.0485. The lowest BCUT2D eigenvalue weighted by atomic mass is 9.44. The molecule has 3 fully saturated rings. The van der Waals surface area contributed by atoms with Crippen LogP contribution in [0.5, 0.6) is 0 Å². The lowest BCUT2D eigenvalue weighted by Crippen LogP contribution is -2.58. The molecule has 0 aliphatic heterocycles. The van der Waals surface area contributed by atoms with Gasteiger partial charge in [-0.15, -0.1) is 0 Å². The molecule has 8 atom stereocenters. The van der Waals surface area contributed by atoms with E-state index in [2.05, 4.69) is 20.8 Å². The SMILES string of the molecule is CC(=O)[C@H]1CC[C@H]2[C@@H]3C(O)[C@H](C)C4=CC(=O)CC[C@]4(C)[C@H]3CC[C@]12C. The van der Waals surface area contributed by atoms with Gasteiger partial charge in [-0.25, -0.2) is 0 Å². The fourth-order valence-corrected chi connectivity index (χ4v) is 7.59. The summed E-state index contributed by atoms with van der Waals surface area (Å²) < 4.78 is 0. The van der Waals surface area contributed by atoms with Crippen molar-refractivity contribution in [1.29, 1.82) is 0 Å². The first-order chi connectivity index (χ1) is 11.7. The maximum Gasteiger partial charge on any atom is 0.155 e. The Morgan fingerprint density at radius 1 is 1.16 bits per heavy atom. The molecule has 0 radical (unpaired) electrons. The molecule has 0 saturated heterocycles. The number of fused-ring (bicyclic) bond motifs is 5. The van der Waals surface area contributed by atoms with Crippen molar-refractivity contribution in [3.05, 3.63) is 11.6 Å². The van der Waals surface area contributed by atoms with Gasteiger partial charge in [0.2, 0.25) is 0 Å². The molecule has 0 heterocycles. The standard InChI is InChI=1S/C22H32O3/c1-12-18-11-14(24)7-9-22(18,4)17-8-10-21(3)15(13(2)23)5-6-16(21)19(17)20(12)25/h11-12,15-17,19-20,25H,5-10H2,1-4H3/t12-,15-,16+,17+,19+,20?,21-,22-/m1/s1. The van der Waals surface area contributed by atoms with Crippen LogP contribution in [0.15, 0.2) is 11.6 Å². The smallest absolute Gasteiger partial charge is 0.155 e. The molecular weight excluding hydrogens is 312 g/mol. The molecule has 0 bridgehead atoms. The summed E-state index contributed by atoms with van der Waals surface area (Å²) in [5, 5.41) is 11.3. The van der Waals surface area contributed by atoms with Crippen molar-refractivity contribution in [3.8, 4) is 0 Å². The summed E-state index contributed by atoms with van der Waals surface area (Å²) in [6, 6.07) is 0. The molecule has 25 heavy (non-hydrogen) atoms. The Labute approximate surface area is 151 Å². The van der Waals surface area contributed by atoms with Crippen molar-refractivity contribution in [3.63, 3.8) is 0 Å². The summed E-state index contributed by atoms with van der Waals surface area (Å²) >= 11 is 0. The Morgan fingerprint density at radius 2 is 1.88 bits per heavy atom. The highest BCUT2D eigenvalue weighted by molar-refractivity contribution is 5.91. The number of ketones is 2. The quantitative estimate of drug-likeness (QED) is 0.784. The van der Waals surface area contributed by atoms with Gasteiger partial charge in [0.25, 0.3) is 0 Å². The molecule has 1 N–H and O–H groups in total. The Bertz CT molecular complexity index is 650. The molecular formula is C22H32O3. The largest absolute Gasteiger partial charge is 0.392 e. The molecule has 1 unspecified atom stereocenters. The average Bonchev–Trinajstić information content (AvgIpc) is 2.91. The molecule has 0 aromatic carbocycles. The van der Waals surface area contributed by atoms with E-state index in [1.54, 1.807) is 6.92 Å². The van der Waals surface area contributed by atoms with Crippen LogP contribution in [0.3, 0.4) is 0 Å². The third-order valence-electron chi connectivity index (χ3n) is 8.91. The number of aliphatic hydroxyl groups excluding tert-OH is 1. The number of carbonyl (C=O) groups is 2. The molecule has 4 aliphatic carbocycles. The van der Waals surface area contributed by atoms with Crippen LogP contribution < -0.4 is 0 Å². The maximum absolute atomic E-state index is 12.2. The molecule has 0 spiro atoms. The van der Waals surface area contributed by atoms with E-state index in [4.69, 9.17) is 0 Å². The van der Waals surface area contributed by atoms with Gasteiger partial charge in [-0.2, -0.15) is 0 Å². The van der Waals surface area contributed by atoms with Gasteiger partial charge >= 0.3 is 0 Å². The van der Waals surface area contributed by atoms with E-state index in [1.807, 2.05) is 6.08 Å². The number of Topliss-reactive ketones (excluding diaryl/α,β-unsaturated/α-hetero) is 1. The number of rotatable bonds is 1. The van der Waals surface area contributed by atoms with Crippen molar-refractivity contribution in [2.24, 2.45) is 40.4 Å². The van der Waals surface area contributed by atoms with Crippen molar-refractivity contribution in [2.75, 3.05) is 0 Å². The molecule has 0 aromatic rings. The Morgan fingerprint density at radius 3 is 2.56 bits per heavy atom. The van der Waals surface area contributed by atoms with Gasteiger partial charge in [-0.1, -0.05) is 26.3 Å². The van der Waals surface area contributed by atoms with Crippen LogP contribution in [0.1, 0.15) is 66.2 Å². The van der Waals surface area contributed by atoms with Crippen LogP contribution in [0.2, 0.25) is 0 Å². The van der Waals surface area contributed by atoms with Crippen molar-refractivity contribution in [1.82, 2.24) is 0 Å². The fraction of sp³-hybridized carbons (Fsp3) is 0.818. The predicted molar refractivity (Wildman–Crippen MR) is 96.8 cm³/mol. The van der Waals surface area contributed by atoms with Crippen LogP contribution in [-0.2, 0) is 9.59 Å². The van der Waals surface area contributed by atoms with E-state index in [9.17, 15) is 14.7 Å². The molecule has 0 aromatic heterocycles. The van der Waals surface area contributed by atoms with Gasteiger partial charge in [-0.3, -0.25) is 9.59 Å². The summed E-state index contributed by atoms with van der Waals surface area (Å²) in [4.78, 5) is 24.3. The first kappa shape index (κ1) is 17.5. The second kappa shape index (κ2) is 5.52. The lowest BCUT2D eigenvalue weighted by Gasteiger charge is -2.61. The zero-order chi connectivity index (χ0) is 18.1. The van der Waals surface area contributed by atoms with E-state index in [0.717, 1.165) is 32.1 Å².